The number of hydrogen-bond acceptors (Lipinski definition) is 4. The first-order valence-corrected chi connectivity index (χ1v) is 7.02. The number of rotatable bonds is 6. The molecule has 0 amide bonds. The summed E-state index contributed by atoms with van der Waals surface area (Å²) >= 11 is 4.37. The minimum atomic E-state index is -0.609. The molecule has 0 spiro atoms. The Balaban J connectivity index is 5.22. The highest BCUT2D eigenvalue weighted by molar-refractivity contribution is 7.80. The molecule has 0 aromatic heterocycles. The van der Waals surface area contributed by atoms with E-state index in [1.807, 2.05) is 20.8 Å². The molecule has 0 rings (SSSR count). The number of aliphatic hydroxyl groups excluding tert-OH is 1. The van der Waals surface area contributed by atoms with Crippen LogP contribution in [0.15, 0.2) is 0 Å². The van der Waals surface area contributed by atoms with Crippen molar-refractivity contribution in [1.29, 1.82) is 0 Å². The third kappa shape index (κ3) is 4.47. The van der Waals surface area contributed by atoms with Crippen LogP contribution in [-0.2, 0) is 9.53 Å². The van der Waals surface area contributed by atoms with Crippen molar-refractivity contribution < 1.29 is 14.6 Å². The molecule has 0 aliphatic heterocycles. The lowest BCUT2D eigenvalue weighted by atomic mass is 9.61. The van der Waals surface area contributed by atoms with Gasteiger partial charge in [0.15, 0.2) is 0 Å². The third-order valence-electron chi connectivity index (χ3n) is 3.55. The summed E-state index contributed by atoms with van der Waals surface area (Å²) in [7, 11) is 0. The van der Waals surface area contributed by atoms with Crippen LogP contribution in [0, 0.1) is 16.2 Å². The highest BCUT2D eigenvalue weighted by Gasteiger charge is 2.49. The van der Waals surface area contributed by atoms with Crippen LogP contribution in [0.3, 0.4) is 0 Å². The van der Waals surface area contributed by atoms with Crippen molar-refractivity contribution >= 4 is 18.6 Å². The SMILES string of the molecule is CC(C)(C)CC(C)(C(=O)OCCO)C(C)(C)CS. The monoisotopic (exact) mass is 276 g/mol. The first-order chi connectivity index (χ1) is 8.00. The van der Waals surface area contributed by atoms with E-state index >= 15 is 0 Å². The van der Waals surface area contributed by atoms with E-state index in [9.17, 15) is 4.79 Å². The zero-order chi connectivity index (χ0) is 14.6. The van der Waals surface area contributed by atoms with E-state index in [1.54, 1.807) is 0 Å². The summed E-state index contributed by atoms with van der Waals surface area (Å²) < 4.78 is 5.17. The van der Waals surface area contributed by atoms with Gasteiger partial charge in [0.2, 0.25) is 0 Å². The Morgan fingerprint density at radius 3 is 2.00 bits per heavy atom. The predicted octanol–water partition coefficient (Wildman–Crippen LogP) is 2.92. The largest absolute Gasteiger partial charge is 0.463 e. The Morgan fingerprint density at radius 1 is 1.17 bits per heavy atom. The fraction of sp³-hybridized carbons (Fsp3) is 0.929. The van der Waals surface area contributed by atoms with E-state index in [2.05, 4.69) is 33.4 Å². The molecule has 0 bridgehead atoms. The first kappa shape index (κ1) is 17.8. The average molecular weight is 276 g/mol. The molecule has 0 aromatic carbocycles. The Bertz CT molecular complexity index is 281. The fourth-order valence-electron chi connectivity index (χ4n) is 2.12. The molecular formula is C14H28O3S. The van der Waals surface area contributed by atoms with Gasteiger partial charge in [-0.3, -0.25) is 4.79 Å². The molecule has 0 saturated carbocycles. The maximum Gasteiger partial charge on any atom is 0.312 e. The van der Waals surface area contributed by atoms with Crippen molar-refractivity contribution in [3.05, 3.63) is 0 Å². The molecule has 1 atom stereocenters. The summed E-state index contributed by atoms with van der Waals surface area (Å²) in [6.07, 6.45) is 0.720. The third-order valence-corrected chi connectivity index (χ3v) is 4.34. The summed E-state index contributed by atoms with van der Waals surface area (Å²) in [5.41, 5.74) is -0.856. The molecule has 1 unspecified atom stereocenters. The van der Waals surface area contributed by atoms with Gasteiger partial charge in [-0.15, -0.1) is 0 Å². The highest BCUT2D eigenvalue weighted by Crippen LogP contribution is 2.48. The topological polar surface area (TPSA) is 46.5 Å². The highest BCUT2D eigenvalue weighted by atomic mass is 32.1. The molecule has 0 radical (unpaired) electrons. The molecule has 0 aliphatic carbocycles. The second-order valence-corrected chi connectivity index (χ2v) is 7.29. The minimum Gasteiger partial charge on any atom is -0.463 e. The molecule has 108 valence electrons. The summed E-state index contributed by atoms with van der Waals surface area (Å²) in [4.78, 5) is 12.3. The molecule has 0 aliphatic rings. The first-order valence-electron chi connectivity index (χ1n) is 6.39. The standard InChI is InChI=1S/C14H28O3S/c1-12(2,3)9-14(6,13(4,5)10-18)11(16)17-8-7-15/h15,18H,7-10H2,1-6H3. The molecule has 0 heterocycles. The van der Waals surface area contributed by atoms with Crippen LogP contribution in [-0.4, -0.2) is 30.0 Å². The smallest absolute Gasteiger partial charge is 0.312 e. The van der Waals surface area contributed by atoms with Crippen LogP contribution in [0.4, 0.5) is 0 Å². The number of esters is 1. The number of hydrogen-bond donors (Lipinski definition) is 2. The Kier molecular flexibility index (Phi) is 6.21. The van der Waals surface area contributed by atoms with Crippen molar-refractivity contribution in [1.82, 2.24) is 0 Å². The van der Waals surface area contributed by atoms with Crippen LogP contribution in [0.1, 0.15) is 48.0 Å². The van der Waals surface area contributed by atoms with Crippen LogP contribution >= 0.6 is 12.6 Å². The lowest BCUT2D eigenvalue weighted by molar-refractivity contribution is -0.165. The van der Waals surface area contributed by atoms with Gasteiger partial charge in [-0.25, -0.2) is 0 Å². The van der Waals surface area contributed by atoms with Gasteiger partial charge < -0.3 is 9.84 Å². The fourth-order valence-corrected chi connectivity index (χ4v) is 2.47. The summed E-state index contributed by atoms with van der Waals surface area (Å²) in [6.45, 7) is 12.3. The minimum absolute atomic E-state index is 0.0210. The lowest BCUT2D eigenvalue weighted by Crippen LogP contribution is -2.47. The van der Waals surface area contributed by atoms with E-state index in [0.29, 0.717) is 5.75 Å². The Morgan fingerprint density at radius 2 is 1.67 bits per heavy atom. The number of ether oxygens (including phenoxy) is 1. The molecule has 3 nitrogen and oxygen atoms in total. The second kappa shape index (κ2) is 6.29. The van der Waals surface area contributed by atoms with Crippen molar-refractivity contribution in [2.24, 2.45) is 16.2 Å². The van der Waals surface area contributed by atoms with Crippen LogP contribution in [0.5, 0.6) is 0 Å². The number of aliphatic hydroxyl groups is 1. The maximum atomic E-state index is 12.3. The predicted molar refractivity (Wildman–Crippen MR) is 77.9 cm³/mol. The van der Waals surface area contributed by atoms with Crippen molar-refractivity contribution in [2.75, 3.05) is 19.0 Å². The second-order valence-electron chi connectivity index (χ2n) is 6.97. The van der Waals surface area contributed by atoms with Crippen LogP contribution in [0.2, 0.25) is 0 Å². The number of carbonyl (C=O) groups is 1. The van der Waals surface area contributed by atoms with Gasteiger partial charge in [-0.1, -0.05) is 34.6 Å². The summed E-state index contributed by atoms with van der Waals surface area (Å²) in [5, 5.41) is 8.78. The lowest BCUT2D eigenvalue weighted by Gasteiger charge is -2.44. The van der Waals surface area contributed by atoms with Gasteiger partial charge in [0.1, 0.15) is 6.61 Å². The van der Waals surface area contributed by atoms with Gasteiger partial charge in [-0.05, 0) is 29.9 Å². The van der Waals surface area contributed by atoms with E-state index < -0.39 is 5.41 Å². The molecule has 1 N–H and O–H groups in total. The maximum absolute atomic E-state index is 12.3. The molecular weight excluding hydrogens is 248 g/mol. The average Bonchev–Trinajstić information content (AvgIpc) is 2.22. The van der Waals surface area contributed by atoms with Gasteiger partial charge >= 0.3 is 5.97 Å². The molecule has 0 fully saturated rings. The van der Waals surface area contributed by atoms with E-state index in [1.165, 1.54) is 0 Å². The number of thiol groups is 1. The number of carbonyl (C=O) groups excluding carboxylic acids is 1. The van der Waals surface area contributed by atoms with Crippen molar-refractivity contribution in [3.63, 3.8) is 0 Å². The van der Waals surface area contributed by atoms with Crippen LogP contribution < -0.4 is 0 Å². The molecule has 0 saturated heterocycles. The van der Waals surface area contributed by atoms with Crippen molar-refractivity contribution in [2.45, 2.75) is 48.0 Å². The molecule has 18 heavy (non-hydrogen) atoms. The van der Waals surface area contributed by atoms with Gasteiger partial charge in [0.25, 0.3) is 0 Å². The van der Waals surface area contributed by atoms with Crippen molar-refractivity contribution in [3.8, 4) is 0 Å². The summed E-state index contributed by atoms with van der Waals surface area (Å²) in [6, 6.07) is 0. The summed E-state index contributed by atoms with van der Waals surface area (Å²) in [5.74, 6) is 0.360. The van der Waals surface area contributed by atoms with E-state index in [0.717, 1.165) is 6.42 Å². The quantitative estimate of drug-likeness (QED) is 0.579. The normalized spacial score (nSPS) is 16.2. The zero-order valence-electron chi connectivity index (χ0n) is 12.5. The van der Waals surface area contributed by atoms with E-state index in [4.69, 9.17) is 9.84 Å². The Labute approximate surface area is 117 Å². The van der Waals surface area contributed by atoms with E-state index in [-0.39, 0.29) is 30.0 Å². The van der Waals surface area contributed by atoms with Gasteiger partial charge in [-0.2, -0.15) is 12.6 Å². The zero-order valence-corrected chi connectivity index (χ0v) is 13.4. The Hall–Kier alpha value is -0.220. The van der Waals surface area contributed by atoms with Crippen LogP contribution in [0.25, 0.3) is 0 Å². The van der Waals surface area contributed by atoms with Gasteiger partial charge in [0, 0.05) is 0 Å². The molecule has 4 heteroatoms. The molecule has 0 aromatic rings. The van der Waals surface area contributed by atoms with Gasteiger partial charge in [0.05, 0.1) is 12.0 Å².